The molecule has 9 heteroatoms. The predicted molar refractivity (Wildman–Crippen MR) is 95.8 cm³/mol. The third-order valence-corrected chi connectivity index (χ3v) is 5.00. The Labute approximate surface area is 158 Å². The van der Waals surface area contributed by atoms with Gasteiger partial charge in [0.1, 0.15) is 12.4 Å². The van der Waals surface area contributed by atoms with Gasteiger partial charge in [0, 0.05) is 16.1 Å². The SMILES string of the molecule is COC(=O)Cn1c(=NC(=O)c2cccc(Br)c2)sc2cc(F)cc(F)c21. The Hall–Kier alpha value is -2.39. The highest BCUT2D eigenvalue weighted by atomic mass is 79.9. The minimum atomic E-state index is -0.850. The van der Waals surface area contributed by atoms with Gasteiger partial charge >= 0.3 is 5.97 Å². The minimum absolute atomic E-state index is 0.0115. The molecule has 1 amide bonds. The second-order valence-electron chi connectivity index (χ2n) is 5.21. The Kier molecular flexibility index (Phi) is 5.28. The number of hydrogen-bond donors (Lipinski definition) is 0. The maximum atomic E-state index is 14.2. The zero-order chi connectivity index (χ0) is 18.8. The molecule has 0 aliphatic rings. The van der Waals surface area contributed by atoms with Crippen LogP contribution in [0.1, 0.15) is 10.4 Å². The summed E-state index contributed by atoms with van der Waals surface area (Å²) in [5, 5.41) is 0. The average molecular weight is 441 g/mol. The topological polar surface area (TPSA) is 60.7 Å². The maximum Gasteiger partial charge on any atom is 0.325 e. The predicted octanol–water partition coefficient (Wildman–Crippen LogP) is 3.66. The number of carbonyl (C=O) groups is 2. The van der Waals surface area contributed by atoms with Crippen LogP contribution >= 0.6 is 27.3 Å². The number of hydrogen-bond acceptors (Lipinski definition) is 4. The lowest BCUT2D eigenvalue weighted by Gasteiger charge is -2.04. The van der Waals surface area contributed by atoms with E-state index in [2.05, 4.69) is 25.7 Å². The number of rotatable bonds is 3. The molecule has 0 unspecified atom stereocenters. The Bertz CT molecular complexity index is 1090. The lowest BCUT2D eigenvalue weighted by molar-refractivity contribution is -0.141. The van der Waals surface area contributed by atoms with Crippen molar-refractivity contribution in [1.29, 1.82) is 0 Å². The zero-order valence-electron chi connectivity index (χ0n) is 13.3. The van der Waals surface area contributed by atoms with Crippen molar-refractivity contribution in [2.45, 2.75) is 6.54 Å². The molecule has 26 heavy (non-hydrogen) atoms. The van der Waals surface area contributed by atoms with E-state index in [1.54, 1.807) is 24.3 Å². The van der Waals surface area contributed by atoms with Gasteiger partial charge in [0.25, 0.3) is 5.91 Å². The molecule has 0 saturated heterocycles. The van der Waals surface area contributed by atoms with Crippen molar-refractivity contribution >= 4 is 49.4 Å². The average Bonchev–Trinajstić information content (AvgIpc) is 2.91. The fraction of sp³-hybridized carbons (Fsp3) is 0.118. The van der Waals surface area contributed by atoms with Gasteiger partial charge < -0.3 is 9.30 Å². The summed E-state index contributed by atoms with van der Waals surface area (Å²) in [6, 6.07) is 8.43. The largest absolute Gasteiger partial charge is 0.468 e. The highest BCUT2D eigenvalue weighted by Crippen LogP contribution is 2.22. The van der Waals surface area contributed by atoms with Gasteiger partial charge in [-0.25, -0.2) is 8.78 Å². The molecular formula is C17H11BrF2N2O3S. The highest BCUT2D eigenvalue weighted by molar-refractivity contribution is 9.10. The number of aromatic nitrogens is 1. The number of carbonyl (C=O) groups excluding carboxylic acids is 2. The van der Waals surface area contributed by atoms with E-state index in [-0.39, 0.29) is 21.6 Å². The standard InChI is InChI=1S/C17H11BrF2N2O3S/c1-25-14(23)8-22-15-12(20)6-11(19)7-13(15)26-17(22)21-16(24)9-3-2-4-10(18)5-9/h2-7H,8H2,1H3. The van der Waals surface area contributed by atoms with Crippen molar-refractivity contribution in [2.75, 3.05) is 7.11 Å². The van der Waals surface area contributed by atoms with E-state index < -0.39 is 23.5 Å². The number of methoxy groups -OCH3 is 1. The number of fused-ring (bicyclic) bond motifs is 1. The fourth-order valence-electron chi connectivity index (χ4n) is 2.33. The second-order valence-corrected chi connectivity index (χ2v) is 7.13. The third-order valence-electron chi connectivity index (χ3n) is 3.48. The van der Waals surface area contributed by atoms with Crippen LogP contribution < -0.4 is 4.80 Å². The third kappa shape index (κ3) is 3.73. The molecule has 1 aromatic heterocycles. The number of amides is 1. The molecule has 3 rings (SSSR count). The fourth-order valence-corrected chi connectivity index (χ4v) is 3.79. The van der Waals surface area contributed by atoms with Crippen molar-refractivity contribution in [3.05, 3.63) is 62.9 Å². The molecule has 3 aromatic rings. The molecule has 0 aliphatic heterocycles. The van der Waals surface area contributed by atoms with Gasteiger partial charge in [-0.3, -0.25) is 9.59 Å². The summed E-state index contributed by atoms with van der Waals surface area (Å²) in [6.45, 7) is -0.357. The molecule has 0 aliphatic carbocycles. The van der Waals surface area contributed by atoms with Crippen LogP contribution in [-0.2, 0) is 16.1 Å². The summed E-state index contributed by atoms with van der Waals surface area (Å²) < 4.78 is 34.5. The Morgan fingerprint density at radius 3 is 2.73 bits per heavy atom. The van der Waals surface area contributed by atoms with E-state index in [1.165, 1.54) is 11.7 Å². The Morgan fingerprint density at radius 1 is 1.27 bits per heavy atom. The van der Waals surface area contributed by atoms with Gasteiger partial charge in [0.15, 0.2) is 10.6 Å². The number of benzene rings is 2. The maximum absolute atomic E-state index is 14.2. The van der Waals surface area contributed by atoms with Crippen molar-refractivity contribution < 1.29 is 23.1 Å². The summed E-state index contributed by atoms with van der Waals surface area (Å²) >= 11 is 4.18. The molecule has 0 bridgehead atoms. The van der Waals surface area contributed by atoms with Crippen LogP contribution in [0.5, 0.6) is 0 Å². The molecule has 0 fully saturated rings. The van der Waals surface area contributed by atoms with Gasteiger partial charge in [0.2, 0.25) is 0 Å². The monoisotopic (exact) mass is 440 g/mol. The number of esters is 1. The number of thiazole rings is 1. The number of halogens is 3. The van der Waals surface area contributed by atoms with Gasteiger partial charge in [-0.15, -0.1) is 0 Å². The van der Waals surface area contributed by atoms with Gasteiger partial charge in [-0.1, -0.05) is 33.3 Å². The molecule has 2 aromatic carbocycles. The van der Waals surface area contributed by atoms with Gasteiger partial charge in [0.05, 0.1) is 17.3 Å². The second kappa shape index (κ2) is 7.46. The van der Waals surface area contributed by atoms with Crippen molar-refractivity contribution in [3.63, 3.8) is 0 Å². The summed E-state index contributed by atoms with van der Waals surface area (Å²) in [7, 11) is 1.19. The highest BCUT2D eigenvalue weighted by Gasteiger charge is 2.16. The van der Waals surface area contributed by atoms with Crippen molar-refractivity contribution in [1.82, 2.24) is 4.57 Å². The zero-order valence-corrected chi connectivity index (χ0v) is 15.7. The van der Waals surface area contributed by atoms with Crippen LogP contribution in [0.2, 0.25) is 0 Å². The van der Waals surface area contributed by atoms with Crippen molar-refractivity contribution in [3.8, 4) is 0 Å². The molecule has 0 N–H and O–H groups in total. The van der Waals surface area contributed by atoms with Crippen LogP contribution in [0.15, 0.2) is 45.9 Å². The van der Waals surface area contributed by atoms with E-state index in [0.717, 1.165) is 17.4 Å². The smallest absolute Gasteiger partial charge is 0.325 e. The van der Waals surface area contributed by atoms with E-state index >= 15 is 0 Å². The lowest BCUT2D eigenvalue weighted by atomic mass is 10.2. The van der Waals surface area contributed by atoms with Crippen LogP contribution in [0.4, 0.5) is 8.78 Å². The first-order valence-corrected chi connectivity index (χ1v) is 8.90. The summed E-state index contributed by atoms with van der Waals surface area (Å²) in [5.41, 5.74) is 0.302. The van der Waals surface area contributed by atoms with E-state index in [0.29, 0.717) is 16.1 Å². The number of nitrogens with zero attached hydrogens (tertiary/aromatic N) is 2. The molecule has 0 saturated carbocycles. The molecule has 5 nitrogen and oxygen atoms in total. The van der Waals surface area contributed by atoms with Crippen LogP contribution in [0, 0.1) is 11.6 Å². The molecule has 0 spiro atoms. The van der Waals surface area contributed by atoms with Crippen LogP contribution in [-0.4, -0.2) is 23.6 Å². The summed E-state index contributed by atoms with van der Waals surface area (Å²) in [6.07, 6.45) is 0. The van der Waals surface area contributed by atoms with E-state index in [1.807, 2.05) is 0 Å². The quantitative estimate of drug-likeness (QED) is 0.583. The van der Waals surface area contributed by atoms with E-state index in [9.17, 15) is 18.4 Å². The van der Waals surface area contributed by atoms with Gasteiger partial charge in [-0.05, 0) is 24.3 Å². The van der Waals surface area contributed by atoms with E-state index in [4.69, 9.17) is 0 Å². The molecule has 0 atom stereocenters. The first-order chi connectivity index (χ1) is 12.4. The first kappa shape index (κ1) is 18.4. The Morgan fingerprint density at radius 2 is 2.04 bits per heavy atom. The van der Waals surface area contributed by atoms with Crippen LogP contribution in [0.25, 0.3) is 10.2 Å². The van der Waals surface area contributed by atoms with Crippen LogP contribution in [0.3, 0.4) is 0 Å². The molecular weight excluding hydrogens is 430 g/mol. The summed E-state index contributed by atoms with van der Waals surface area (Å²) in [4.78, 5) is 28.2. The first-order valence-electron chi connectivity index (χ1n) is 7.29. The molecule has 1 heterocycles. The van der Waals surface area contributed by atoms with Gasteiger partial charge in [-0.2, -0.15) is 4.99 Å². The number of ether oxygens (including phenoxy) is 1. The van der Waals surface area contributed by atoms with Crippen molar-refractivity contribution in [2.24, 2.45) is 4.99 Å². The lowest BCUT2D eigenvalue weighted by Crippen LogP contribution is -2.22. The normalized spacial score (nSPS) is 11.8. The Balaban J connectivity index is 2.20. The molecule has 0 radical (unpaired) electrons. The molecule has 134 valence electrons. The summed E-state index contributed by atoms with van der Waals surface area (Å²) in [5.74, 6) is -2.83. The minimum Gasteiger partial charge on any atom is -0.468 e.